The van der Waals surface area contributed by atoms with Gasteiger partial charge in [-0.25, -0.2) is 13.1 Å². The molecular weight excluding hydrogens is 242 g/mol. The summed E-state index contributed by atoms with van der Waals surface area (Å²) in [5, 5.41) is 7.33. The molecule has 4 unspecified atom stereocenters. The lowest BCUT2D eigenvalue weighted by Gasteiger charge is -2.32. The number of rotatable bonds is 4. The van der Waals surface area contributed by atoms with Crippen molar-refractivity contribution in [2.75, 3.05) is 0 Å². The summed E-state index contributed by atoms with van der Waals surface area (Å²) in [6.07, 6.45) is 2.56. The first-order valence-electron chi connectivity index (χ1n) is 5.98. The van der Waals surface area contributed by atoms with Gasteiger partial charge in [0.25, 0.3) is 0 Å². The molecule has 17 heavy (non-hydrogen) atoms. The minimum atomic E-state index is -3.75. The van der Waals surface area contributed by atoms with E-state index < -0.39 is 21.2 Å². The molecule has 0 radical (unpaired) electrons. The lowest BCUT2D eigenvalue weighted by Crippen LogP contribution is -2.45. The second kappa shape index (κ2) is 5.35. The van der Waals surface area contributed by atoms with E-state index in [1.807, 2.05) is 0 Å². The van der Waals surface area contributed by atoms with Gasteiger partial charge in [-0.15, -0.1) is 0 Å². The third kappa shape index (κ3) is 3.67. The van der Waals surface area contributed by atoms with Gasteiger partial charge in [0.1, 0.15) is 0 Å². The maximum Gasteiger partial charge on any atom is 0.323 e. The Bertz CT molecular complexity index is 379. The van der Waals surface area contributed by atoms with E-state index in [1.54, 1.807) is 0 Å². The summed E-state index contributed by atoms with van der Waals surface area (Å²) in [5.74, 6) is -0.237. The van der Waals surface area contributed by atoms with Crippen molar-refractivity contribution in [3.63, 3.8) is 0 Å². The number of hydrogen-bond donors (Lipinski definition) is 2. The summed E-state index contributed by atoms with van der Waals surface area (Å²) >= 11 is 0. The lowest BCUT2D eigenvalue weighted by molar-refractivity contribution is -0.136. The smallest absolute Gasteiger partial charge is 0.323 e. The molecule has 6 heteroatoms. The van der Waals surface area contributed by atoms with Crippen LogP contribution in [0.3, 0.4) is 0 Å². The van der Waals surface area contributed by atoms with Gasteiger partial charge in [-0.3, -0.25) is 4.79 Å². The third-order valence-electron chi connectivity index (χ3n) is 3.74. The molecule has 5 nitrogen and oxygen atoms in total. The topological polar surface area (TPSA) is 83.5 Å². The number of aliphatic carboxylic acids is 1. The molecule has 0 aromatic heterocycles. The zero-order valence-corrected chi connectivity index (χ0v) is 11.3. The van der Waals surface area contributed by atoms with Gasteiger partial charge in [0.2, 0.25) is 10.0 Å². The van der Waals surface area contributed by atoms with E-state index in [2.05, 4.69) is 18.6 Å². The predicted octanol–water partition coefficient (Wildman–Crippen LogP) is 1.20. The van der Waals surface area contributed by atoms with Gasteiger partial charge in [0.05, 0.1) is 0 Å². The predicted molar refractivity (Wildman–Crippen MR) is 65.1 cm³/mol. The summed E-state index contributed by atoms with van der Waals surface area (Å²) in [7, 11) is -3.75. The van der Waals surface area contributed by atoms with Gasteiger partial charge in [0, 0.05) is 6.04 Å². The molecule has 0 spiro atoms. The minimum absolute atomic E-state index is 0.118. The highest BCUT2D eigenvalue weighted by molar-refractivity contribution is 7.90. The van der Waals surface area contributed by atoms with Crippen LogP contribution >= 0.6 is 0 Å². The monoisotopic (exact) mass is 263 g/mol. The van der Waals surface area contributed by atoms with Crippen LogP contribution < -0.4 is 4.72 Å². The molecule has 0 bridgehead atoms. The number of carboxylic acid groups (broad SMARTS) is 1. The average Bonchev–Trinajstić information content (AvgIpc) is 2.22. The van der Waals surface area contributed by atoms with E-state index in [-0.39, 0.29) is 6.04 Å². The highest BCUT2D eigenvalue weighted by Gasteiger charge is 2.32. The van der Waals surface area contributed by atoms with Crippen LogP contribution in [0.4, 0.5) is 0 Å². The molecule has 2 N–H and O–H groups in total. The molecule has 0 aliphatic heterocycles. The maximum atomic E-state index is 11.7. The summed E-state index contributed by atoms with van der Waals surface area (Å²) in [5.41, 5.74) is 0. The first kappa shape index (κ1) is 14.4. The number of carboxylic acids is 1. The van der Waals surface area contributed by atoms with Gasteiger partial charge < -0.3 is 5.11 Å². The molecule has 0 heterocycles. The SMILES string of the molecule is CC1CCC(NS(=O)(=O)C(C)C(=O)O)CC1C. The van der Waals surface area contributed by atoms with Crippen molar-refractivity contribution in [3.8, 4) is 0 Å². The van der Waals surface area contributed by atoms with E-state index in [9.17, 15) is 13.2 Å². The Hall–Kier alpha value is -0.620. The number of sulfonamides is 1. The van der Waals surface area contributed by atoms with Crippen LogP contribution in [-0.2, 0) is 14.8 Å². The number of nitrogens with one attached hydrogen (secondary N) is 1. The molecule has 100 valence electrons. The standard InChI is InChI=1S/C11H21NO4S/c1-7-4-5-10(6-8(7)2)12-17(15,16)9(3)11(13)14/h7-10,12H,4-6H2,1-3H3,(H,13,14). The van der Waals surface area contributed by atoms with Crippen LogP contribution in [0.15, 0.2) is 0 Å². The molecular formula is C11H21NO4S. The molecule has 4 atom stereocenters. The largest absolute Gasteiger partial charge is 0.480 e. The molecule has 0 saturated heterocycles. The van der Waals surface area contributed by atoms with E-state index in [4.69, 9.17) is 5.11 Å². The van der Waals surface area contributed by atoms with Crippen molar-refractivity contribution in [1.29, 1.82) is 0 Å². The van der Waals surface area contributed by atoms with Crippen molar-refractivity contribution in [3.05, 3.63) is 0 Å². The molecule has 0 aromatic rings. The Morgan fingerprint density at radius 3 is 2.35 bits per heavy atom. The third-order valence-corrected chi connectivity index (χ3v) is 5.54. The highest BCUT2D eigenvalue weighted by Crippen LogP contribution is 2.29. The second-order valence-corrected chi connectivity index (χ2v) is 7.14. The molecule has 1 rings (SSSR count). The van der Waals surface area contributed by atoms with E-state index in [0.717, 1.165) is 19.3 Å². The van der Waals surface area contributed by atoms with Gasteiger partial charge in [-0.2, -0.15) is 0 Å². The highest BCUT2D eigenvalue weighted by atomic mass is 32.2. The molecule has 1 fully saturated rings. The summed E-state index contributed by atoms with van der Waals surface area (Å²) < 4.78 is 26.0. The van der Waals surface area contributed by atoms with Crippen molar-refractivity contribution in [2.45, 2.75) is 51.3 Å². The van der Waals surface area contributed by atoms with Crippen molar-refractivity contribution >= 4 is 16.0 Å². The molecule has 1 saturated carbocycles. The Labute approximate surface area is 103 Å². The first-order chi connectivity index (χ1) is 7.74. The number of carbonyl (C=O) groups is 1. The fraction of sp³-hybridized carbons (Fsp3) is 0.909. The van der Waals surface area contributed by atoms with Crippen molar-refractivity contribution in [1.82, 2.24) is 4.72 Å². The summed E-state index contributed by atoms with van der Waals surface area (Å²) in [6.45, 7) is 5.46. The number of hydrogen-bond acceptors (Lipinski definition) is 3. The Morgan fingerprint density at radius 2 is 1.88 bits per heavy atom. The zero-order chi connectivity index (χ0) is 13.2. The summed E-state index contributed by atoms with van der Waals surface area (Å²) in [4.78, 5) is 10.7. The Balaban J connectivity index is 2.63. The van der Waals surface area contributed by atoms with E-state index >= 15 is 0 Å². The van der Waals surface area contributed by atoms with Crippen LogP contribution in [0, 0.1) is 11.8 Å². The second-order valence-electron chi connectivity index (χ2n) is 5.11. The van der Waals surface area contributed by atoms with Crippen LogP contribution in [0.2, 0.25) is 0 Å². The van der Waals surface area contributed by atoms with E-state index in [0.29, 0.717) is 11.8 Å². The zero-order valence-electron chi connectivity index (χ0n) is 10.5. The van der Waals surface area contributed by atoms with Gasteiger partial charge >= 0.3 is 5.97 Å². The van der Waals surface area contributed by atoms with Gasteiger partial charge in [-0.1, -0.05) is 13.8 Å². The van der Waals surface area contributed by atoms with E-state index in [1.165, 1.54) is 6.92 Å². The fourth-order valence-corrected chi connectivity index (χ4v) is 3.27. The summed E-state index contributed by atoms with van der Waals surface area (Å²) in [6, 6.07) is -0.118. The minimum Gasteiger partial charge on any atom is -0.480 e. The molecule has 1 aliphatic rings. The normalized spacial score (nSPS) is 32.1. The first-order valence-corrected chi connectivity index (χ1v) is 7.52. The van der Waals surface area contributed by atoms with Crippen LogP contribution in [0.25, 0.3) is 0 Å². The average molecular weight is 263 g/mol. The maximum absolute atomic E-state index is 11.7. The molecule has 1 aliphatic carbocycles. The Morgan fingerprint density at radius 1 is 1.29 bits per heavy atom. The van der Waals surface area contributed by atoms with Crippen LogP contribution in [0.5, 0.6) is 0 Å². The quantitative estimate of drug-likeness (QED) is 0.798. The van der Waals surface area contributed by atoms with Crippen LogP contribution in [-0.4, -0.2) is 30.8 Å². The van der Waals surface area contributed by atoms with Crippen LogP contribution in [0.1, 0.15) is 40.0 Å². The van der Waals surface area contributed by atoms with Gasteiger partial charge in [0.15, 0.2) is 5.25 Å². The van der Waals surface area contributed by atoms with Crippen molar-refractivity contribution < 1.29 is 18.3 Å². The fourth-order valence-electron chi connectivity index (χ4n) is 2.12. The van der Waals surface area contributed by atoms with Gasteiger partial charge in [-0.05, 0) is 38.0 Å². The molecule has 0 aromatic carbocycles. The van der Waals surface area contributed by atoms with Crippen molar-refractivity contribution in [2.24, 2.45) is 11.8 Å². The lowest BCUT2D eigenvalue weighted by atomic mass is 9.79. The Kier molecular flexibility index (Phi) is 4.55. The molecule has 0 amide bonds.